The van der Waals surface area contributed by atoms with E-state index in [4.69, 9.17) is 10.7 Å². The van der Waals surface area contributed by atoms with Gasteiger partial charge in [-0.2, -0.15) is 0 Å². The molecule has 0 aliphatic carbocycles. The van der Waals surface area contributed by atoms with Crippen LogP contribution >= 0.6 is 0 Å². The van der Waals surface area contributed by atoms with Crippen molar-refractivity contribution in [3.05, 3.63) is 46.9 Å². The van der Waals surface area contributed by atoms with Gasteiger partial charge >= 0.3 is 0 Å². The molecule has 0 spiro atoms. The Kier molecular flexibility index (Phi) is 3.16. The smallest absolute Gasteiger partial charge is 0.148 e. The second-order valence-corrected chi connectivity index (χ2v) is 5.38. The van der Waals surface area contributed by atoms with Gasteiger partial charge in [-0.05, 0) is 50.5 Å². The first-order chi connectivity index (χ1) is 10.1. The molecule has 21 heavy (non-hydrogen) atoms. The van der Waals surface area contributed by atoms with Crippen LogP contribution in [0.25, 0.3) is 16.9 Å². The first-order valence-electron chi connectivity index (χ1n) is 7.24. The monoisotopic (exact) mass is 280 g/mol. The summed E-state index contributed by atoms with van der Waals surface area (Å²) in [7, 11) is 0. The Labute approximate surface area is 124 Å². The zero-order valence-corrected chi connectivity index (χ0v) is 12.9. The number of aromatic nitrogens is 3. The molecule has 2 N–H and O–H groups in total. The number of nitrogens with zero attached hydrogens (tertiary/aromatic N) is 3. The molecular weight excluding hydrogens is 260 g/mol. The van der Waals surface area contributed by atoms with Crippen LogP contribution in [0.5, 0.6) is 0 Å². The summed E-state index contributed by atoms with van der Waals surface area (Å²) < 4.78 is 2.10. The summed E-state index contributed by atoms with van der Waals surface area (Å²) in [6.45, 7) is 8.34. The average molecular weight is 280 g/mol. The molecule has 4 nitrogen and oxygen atoms in total. The van der Waals surface area contributed by atoms with Crippen molar-refractivity contribution in [3.8, 4) is 5.82 Å². The van der Waals surface area contributed by atoms with E-state index in [1.807, 2.05) is 25.1 Å². The van der Waals surface area contributed by atoms with E-state index in [1.165, 1.54) is 5.56 Å². The van der Waals surface area contributed by atoms with E-state index in [2.05, 4.69) is 30.3 Å². The second kappa shape index (κ2) is 4.88. The average Bonchev–Trinajstić information content (AvgIpc) is 2.75. The lowest BCUT2D eigenvalue weighted by Gasteiger charge is -2.10. The summed E-state index contributed by atoms with van der Waals surface area (Å²) >= 11 is 0. The minimum Gasteiger partial charge on any atom is -0.398 e. The molecule has 4 heteroatoms. The maximum absolute atomic E-state index is 6.38. The van der Waals surface area contributed by atoms with Gasteiger partial charge in [-0.25, -0.2) is 9.97 Å². The molecule has 0 fully saturated rings. The van der Waals surface area contributed by atoms with Gasteiger partial charge in [0.2, 0.25) is 0 Å². The highest BCUT2D eigenvalue weighted by molar-refractivity contribution is 5.95. The van der Waals surface area contributed by atoms with Gasteiger partial charge in [-0.15, -0.1) is 0 Å². The number of anilines is 1. The largest absolute Gasteiger partial charge is 0.398 e. The molecule has 3 aromatic heterocycles. The van der Waals surface area contributed by atoms with Gasteiger partial charge in [0, 0.05) is 28.7 Å². The number of nitrogens with two attached hydrogens (primary N) is 1. The minimum atomic E-state index is 0.840. The fourth-order valence-electron chi connectivity index (χ4n) is 2.88. The molecule has 0 radical (unpaired) electrons. The normalized spacial score (nSPS) is 11.2. The van der Waals surface area contributed by atoms with Crippen LogP contribution in [0.4, 0.5) is 5.69 Å². The Morgan fingerprint density at radius 2 is 1.90 bits per heavy atom. The van der Waals surface area contributed by atoms with E-state index in [0.29, 0.717) is 0 Å². The summed E-state index contributed by atoms with van der Waals surface area (Å²) in [5, 5.41) is 1.05. The van der Waals surface area contributed by atoms with Gasteiger partial charge in [0.25, 0.3) is 0 Å². The first kappa shape index (κ1) is 13.6. The molecular formula is C17H20N4. The zero-order valence-electron chi connectivity index (χ0n) is 12.9. The fraction of sp³-hybridized carbons (Fsp3) is 0.294. The standard InChI is InChI=1S/C17H20N4/c1-5-13-11(3)16(18)15-10(2)12(4)21(17(15)20-13)14-8-6-7-9-19-14/h6-9H,5H2,1-4H3,(H2,18,20). The van der Waals surface area contributed by atoms with Crippen LogP contribution in [0.2, 0.25) is 0 Å². The highest BCUT2D eigenvalue weighted by atomic mass is 15.1. The third-order valence-corrected chi connectivity index (χ3v) is 4.25. The maximum atomic E-state index is 6.38. The Hall–Kier alpha value is -2.36. The number of fused-ring (bicyclic) bond motifs is 1. The topological polar surface area (TPSA) is 56.7 Å². The van der Waals surface area contributed by atoms with E-state index >= 15 is 0 Å². The maximum Gasteiger partial charge on any atom is 0.148 e. The summed E-state index contributed by atoms with van der Waals surface area (Å²) in [6.07, 6.45) is 2.67. The van der Waals surface area contributed by atoms with E-state index in [0.717, 1.165) is 45.9 Å². The highest BCUT2D eigenvalue weighted by Crippen LogP contribution is 2.33. The molecule has 3 aromatic rings. The Balaban J connectivity index is 2.46. The SMILES string of the molecule is CCc1nc2c(c(C)c(C)n2-c2ccccn2)c(N)c1C. The molecule has 0 atom stereocenters. The van der Waals surface area contributed by atoms with Gasteiger partial charge in [0.1, 0.15) is 11.5 Å². The summed E-state index contributed by atoms with van der Waals surface area (Å²) in [5.74, 6) is 0.880. The van der Waals surface area contributed by atoms with Crippen molar-refractivity contribution in [2.24, 2.45) is 0 Å². The van der Waals surface area contributed by atoms with Gasteiger partial charge in [-0.1, -0.05) is 13.0 Å². The Bertz CT molecular complexity index is 816. The number of nitrogen functional groups attached to an aromatic ring is 1. The number of hydrogen-bond acceptors (Lipinski definition) is 3. The van der Waals surface area contributed by atoms with Gasteiger partial charge in [-0.3, -0.25) is 4.57 Å². The summed E-state index contributed by atoms with van der Waals surface area (Å²) in [4.78, 5) is 9.32. The molecule has 3 heterocycles. The zero-order chi connectivity index (χ0) is 15.1. The van der Waals surface area contributed by atoms with Crippen molar-refractivity contribution < 1.29 is 0 Å². The molecule has 0 aliphatic heterocycles. The predicted octanol–water partition coefficient (Wildman–Crippen LogP) is 3.49. The van der Waals surface area contributed by atoms with Crippen LogP contribution in [0, 0.1) is 20.8 Å². The Morgan fingerprint density at radius 3 is 2.52 bits per heavy atom. The lowest BCUT2D eigenvalue weighted by Crippen LogP contribution is -2.04. The molecule has 108 valence electrons. The van der Waals surface area contributed by atoms with Crippen molar-refractivity contribution in [1.29, 1.82) is 0 Å². The van der Waals surface area contributed by atoms with Gasteiger partial charge in [0.05, 0.1) is 0 Å². The number of rotatable bonds is 2. The lowest BCUT2D eigenvalue weighted by atomic mass is 10.1. The second-order valence-electron chi connectivity index (χ2n) is 5.38. The van der Waals surface area contributed by atoms with Crippen molar-refractivity contribution in [2.75, 3.05) is 5.73 Å². The van der Waals surface area contributed by atoms with Crippen LogP contribution in [0.3, 0.4) is 0 Å². The van der Waals surface area contributed by atoms with Crippen LogP contribution in [0.15, 0.2) is 24.4 Å². The van der Waals surface area contributed by atoms with E-state index < -0.39 is 0 Å². The predicted molar refractivity (Wildman–Crippen MR) is 86.9 cm³/mol. The van der Waals surface area contributed by atoms with E-state index in [-0.39, 0.29) is 0 Å². The van der Waals surface area contributed by atoms with Crippen molar-refractivity contribution in [3.63, 3.8) is 0 Å². The molecule has 0 amide bonds. The molecule has 0 aliphatic rings. The Morgan fingerprint density at radius 1 is 1.14 bits per heavy atom. The summed E-state index contributed by atoms with van der Waals surface area (Å²) in [5.41, 5.74) is 12.6. The van der Waals surface area contributed by atoms with E-state index in [9.17, 15) is 0 Å². The van der Waals surface area contributed by atoms with Crippen LogP contribution in [-0.2, 0) is 6.42 Å². The molecule has 0 saturated carbocycles. The van der Waals surface area contributed by atoms with Crippen molar-refractivity contribution in [2.45, 2.75) is 34.1 Å². The highest BCUT2D eigenvalue weighted by Gasteiger charge is 2.19. The van der Waals surface area contributed by atoms with Crippen LogP contribution in [0.1, 0.15) is 29.4 Å². The number of pyridine rings is 2. The van der Waals surface area contributed by atoms with Gasteiger partial charge in [0.15, 0.2) is 0 Å². The number of hydrogen-bond donors (Lipinski definition) is 1. The quantitative estimate of drug-likeness (QED) is 0.781. The van der Waals surface area contributed by atoms with Crippen molar-refractivity contribution in [1.82, 2.24) is 14.5 Å². The molecule has 0 saturated heterocycles. The molecule has 3 rings (SSSR count). The molecule has 0 unspecified atom stereocenters. The molecule has 0 bridgehead atoms. The van der Waals surface area contributed by atoms with Gasteiger partial charge < -0.3 is 5.73 Å². The first-order valence-corrected chi connectivity index (χ1v) is 7.24. The van der Waals surface area contributed by atoms with Crippen molar-refractivity contribution >= 4 is 16.7 Å². The van der Waals surface area contributed by atoms with Crippen LogP contribution < -0.4 is 5.73 Å². The molecule has 0 aromatic carbocycles. The van der Waals surface area contributed by atoms with E-state index in [1.54, 1.807) is 6.20 Å². The fourth-order valence-corrected chi connectivity index (χ4v) is 2.88. The third-order valence-electron chi connectivity index (χ3n) is 4.25. The summed E-state index contributed by atoms with van der Waals surface area (Å²) in [6, 6.07) is 5.90. The van der Waals surface area contributed by atoms with Crippen LogP contribution in [-0.4, -0.2) is 14.5 Å². The minimum absolute atomic E-state index is 0.840. The number of aryl methyl sites for hydroxylation is 2. The lowest BCUT2D eigenvalue weighted by molar-refractivity contribution is 0.948. The third kappa shape index (κ3) is 1.90.